The molecular weight excluding hydrogens is 306 g/mol. The van der Waals surface area contributed by atoms with Gasteiger partial charge in [0.2, 0.25) is 0 Å². The molecule has 3 aromatic carbocycles. The first kappa shape index (κ1) is 15.3. The number of para-hydroxylation sites is 2. The predicted molar refractivity (Wildman–Crippen MR) is 104 cm³/mol. The Kier molecular flexibility index (Phi) is 3.66. The molecule has 0 saturated carbocycles. The van der Waals surface area contributed by atoms with Crippen molar-refractivity contribution >= 4 is 17.3 Å². The number of hydrogen-bond donors (Lipinski definition) is 2. The lowest BCUT2D eigenvalue weighted by atomic mass is 9.82. The molecular formula is C23H19NO. The molecule has 2 nitrogen and oxygen atoms in total. The molecule has 0 amide bonds. The monoisotopic (exact) mass is 325 g/mol. The van der Waals surface area contributed by atoms with Gasteiger partial charge in [-0.15, -0.1) is 0 Å². The quantitative estimate of drug-likeness (QED) is 0.672. The molecule has 0 bridgehead atoms. The van der Waals surface area contributed by atoms with Crippen LogP contribution in [0.15, 0.2) is 91.5 Å². The smallest absolute Gasteiger partial charge is 0.121 e. The van der Waals surface area contributed by atoms with Crippen LogP contribution in [0.25, 0.3) is 11.6 Å². The van der Waals surface area contributed by atoms with Crippen molar-refractivity contribution < 1.29 is 5.11 Å². The minimum Gasteiger partial charge on any atom is -0.508 e. The summed E-state index contributed by atoms with van der Waals surface area (Å²) in [6, 6.07) is 25.7. The average molecular weight is 325 g/mol. The van der Waals surface area contributed by atoms with Crippen LogP contribution in [0.2, 0.25) is 0 Å². The molecule has 0 saturated heterocycles. The maximum Gasteiger partial charge on any atom is 0.121 e. The van der Waals surface area contributed by atoms with Crippen LogP contribution in [-0.4, -0.2) is 5.11 Å². The molecule has 122 valence electrons. The van der Waals surface area contributed by atoms with Crippen molar-refractivity contribution in [2.75, 3.05) is 5.32 Å². The number of phenols is 1. The molecule has 1 atom stereocenters. The van der Waals surface area contributed by atoms with Gasteiger partial charge in [-0.3, -0.25) is 0 Å². The predicted octanol–water partition coefficient (Wildman–Crippen LogP) is 5.44. The Hall–Kier alpha value is -3.26. The molecule has 1 heterocycles. The molecule has 0 spiro atoms. The van der Waals surface area contributed by atoms with Crippen molar-refractivity contribution in [3.05, 3.63) is 108 Å². The van der Waals surface area contributed by atoms with Crippen LogP contribution in [0.1, 0.15) is 16.7 Å². The lowest BCUT2D eigenvalue weighted by Gasteiger charge is -2.29. The lowest BCUT2D eigenvalue weighted by molar-refractivity contribution is 0.463. The van der Waals surface area contributed by atoms with Gasteiger partial charge < -0.3 is 10.4 Å². The van der Waals surface area contributed by atoms with Crippen LogP contribution in [0.4, 0.5) is 5.69 Å². The third kappa shape index (κ3) is 2.52. The van der Waals surface area contributed by atoms with Crippen LogP contribution in [-0.2, 0) is 5.54 Å². The number of fused-ring (bicyclic) bond motifs is 1. The molecule has 2 heteroatoms. The first-order chi connectivity index (χ1) is 12.2. The van der Waals surface area contributed by atoms with E-state index in [-0.39, 0.29) is 5.75 Å². The van der Waals surface area contributed by atoms with Crippen LogP contribution in [0.5, 0.6) is 5.75 Å². The van der Waals surface area contributed by atoms with E-state index in [2.05, 4.69) is 42.2 Å². The molecule has 4 rings (SSSR count). The maximum absolute atomic E-state index is 10.5. The molecule has 2 N–H and O–H groups in total. The fraction of sp³-hybridized carbons (Fsp3) is 0.0435. The first-order valence-electron chi connectivity index (χ1n) is 8.30. The normalized spacial score (nSPS) is 19.0. The van der Waals surface area contributed by atoms with Crippen LogP contribution < -0.4 is 5.32 Å². The number of nitrogens with one attached hydrogen (secondary N) is 1. The zero-order chi connectivity index (χ0) is 17.3. The Morgan fingerprint density at radius 2 is 1.52 bits per heavy atom. The Balaban J connectivity index is 1.88. The molecule has 0 radical (unpaired) electrons. The molecule has 1 aliphatic rings. The fourth-order valence-corrected chi connectivity index (χ4v) is 3.41. The van der Waals surface area contributed by atoms with Gasteiger partial charge in [0.1, 0.15) is 11.3 Å². The SMILES string of the molecule is C=C1c2ccccc2N[C@]1(/C=C/c1ccccc1)c1ccccc1O. The molecule has 0 aromatic heterocycles. The molecule has 3 aromatic rings. The summed E-state index contributed by atoms with van der Waals surface area (Å²) in [4.78, 5) is 0. The summed E-state index contributed by atoms with van der Waals surface area (Å²) in [7, 11) is 0. The summed E-state index contributed by atoms with van der Waals surface area (Å²) in [5.41, 5.74) is 4.24. The minimum atomic E-state index is -0.676. The third-order valence-corrected chi connectivity index (χ3v) is 4.71. The van der Waals surface area contributed by atoms with Gasteiger partial charge in [-0.2, -0.15) is 0 Å². The van der Waals surface area contributed by atoms with Crippen LogP contribution >= 0.6 is 0 Å². The summed E-state index contributed by atoms with van der Waals surface area (Å²) in [6.45, 7) is 4.35. The van der Waals surface area contributed by atoms with Gasteiger partial charge >= 0.3 is 0 Å². The van der Waals surface area contributed by atoms with E-state index in [1.54, 1.807) is 6.07 Å². The van der Waals surface area contributed by atoms with Crippen molar-refractivity contribution in [3.8, 4) is 5.75 Å². The van der Waals surface area contributed by atoms with Crippen LogP contribution in [0, 0.1) is 0 Å². The van der Waals surface area contributed by atoms with Crippen molar-refractivity contribution in [1.29, 1.82) is 0 Å². The van der Waals surface area contributed by atoms with E-state index in [1.165, 1.54) is 0 Å². The van der Waals surface area contributed by atoms with Gasteiger partial charge in [0.15, 0.2) is 0 Å². The van der Waals surface area contributed by atoms with E-state index in [4.69, 9.17) is 0 Å². The summed E-state index contributed by atoms with van der Waals surface area (Å²) in [5, 5.41) is 14.1. The van der Waals surface area contributed by atoms with E-state index in [1.807, 2.05) is 54.6 Å². The zero-order valence-electron chi connectivity index (χ0n) is 13.8. The highest BCUT2D eigenvalue weighted by molar-refractivity contribution is 5.93. The van der Waals surface area contributed by atoms with Gasteiger partial charge in [-0.05, 0) is 29.3 Å². The lowest BCUT2D eigenvalue weighted by Crippen LogP contribution is -2.29. The van der Waals surface area contributed by atoms with Crippen LogP contribution in [0.3, 0.4) is 0 Å². The summed E-state index contributed by atoms with van der Waals surface area (Å²) in [6.07, 6.45) is 4.15. The van der Waals surface area contributed by atoms with Gasteiger partial charge in [0.25, 0.3) is 0 Å². The number of phenolic OH excluding ortho intramolecular Hbond substituents is 1. The molecule has 0 fully saturated rings. The number of anilines is 1. The first-order valence-corrected chi connectivity index (χ1v) is 8.30. The average Bonchev–Trinajstić information content (AvgIpc) is 2.95. The second-order valence-electron chi connectivity index (χ2n) is 6.22. The number of aromatic hydroxyl groups is 1. The van der Waals surface area contributed by atoms with Crippen molar-refractivity contribution in [1.82, 2.24) is 0 Å². The highest BCUT2D eigenvalue weighted by Crippen LogP contribution is 2.50. The van der Waals surface area contributed by atoms with Gasteiger partial charge in [-0.25, -0.2) is 0 Å². The fourth-order valence-electron chi connectivity index (χ4n) is 3.41. The summed E-state index contributed by atoms with van der Waals surface area (Å²) in [5.74, 6) is 0.252. The Morgan fingerprint density at radius 1 is 0.840 bits per heavy atom. The van der Waals surface area contributed by atoms with Gasteiger partial charge in [0, 0.05) is 16.8 Å². The standard InChI is InChI=1S/C23H19NO/c1-17-19-11-5-7-13-21(19)24-23(17,20-12-6-8-14-22(20)25)16-15-18-9-3-2-4-10-18/h2-16,24-25H,1H2/b16-15+/t23-/m0/s1. The molecule has 1 aliphatic heterocycles. The minimum absolute atomic E-state index is 0.252. The van der Waals surface area contributed by atoms with E-state index in [9.17, 15) is 5.11 Å². The molecule has 25 heavy (non-hydrogen) atoms. The van der Waals surface area contributed by atoms with Crippen molar-refractivity contribution in [2.45, 2.75) is 5.54 Å². The van der Waals surface area contributed by atoms with Gasteiger partial charge in [-0.1, -0.05) is 79.4 Å². The van der Waals surface area contributed by atoms with E-state index in [0.29, 0.717) is 0 Å². The Bertz CT molecular complexity index is 959. The summed E-state index contributed by atoms with van der Waals surface area (Å²) < 4.78 is 0. The van der Waals surface area contributed by atoms with Crippen molar-refractivity contribution in [3.63, 3.8) is 0 Å². The summed E-state index contributed by atoms with van der Waals surface area (Å²) >= 11 is 0. The Labute approximate surface area is 147 Å². The highest BCUT2D eigenvalue weighted by atomic mass is 16.3. The Morgan fingerprint density at radius 3 is 2.28 bits per heavy atom. The van der Waals surface area contributed by atoms with E-state index in [0.717, 1.165) is 28.0 Å². The largest absolute Gasteiger partial charge is 0.508 e. The number of rotatable bonds is 3. The molecule has 0 aliphatic carbocycles. The third-order valence-electron chi connectivity index (χ3n) is 4.71. The van der Waals surface area contributed by atoms with Gasteiger partial charge in [0.05, 0.1) is 0 Å². The van der Waals surface area contributed by atoms with Crippen molar-refractivity contribution in [2.24, 2.45) is 0 Å². The second kappa shape index (κ2) is 5.99. The maximum atomic E-state index is 10.5. The number of benzene rings is 3. The van der Waals surface area contributed by atoms with E-state index < -0.39 is 5.54 Å². The second-order valence-corrected chi connectivity index (χ2v) is 6.22. The van der Waals surface area contributed by atoms with E-state index >= 15 is 0 Å². The highest BCUT2D eigenvalue weighted by Gasteiger charge is 2.41. The topological polar surface area (TPSA) is 32.3 Å². The zero-order valence-corrected chi connectivity index (χ0v) is 13.8. The molecule has 0 unspecified atom stereocenters. The number of hydrogen-bond acceptors (Lipinski definition) is 2.